The number of amides is 1. The SMILES string of the molecule is CSc1ccc(CCNC(=O)COc2cccc(F)c2)cc1. The number of carbonyl (C=O) groups excluding carboxylic acids is 1. The highest BCUT2D eigenvalue weighted by molar-refractivity contribution is 7.98. The van der Waals surface area contributed by atoms with Crippen LogP contribution in [0.15, 0.2) is 53.4 Å². The molecule has 2 rings (SSSR count). The largest absolute Gasteiger partial charge is 0.484 e. The highest BCUT2D eigenvalue weighted by Crippen LogP contribution is 2.15. The number of hydrogen-bond acceptors (Lipinski definition) is 3. The monoisotopic (exact) mass is 319 g/mol. The van der Waals surface area contributed by atoms with Crippen molar-refractivity contribution in [2.24, 2.45) is 0 Å². The van der Waals surface area contributed by atoms with Crippen LogP contribution in [0.3, 0.4) is 0 Å². The van der Waals surface area contributed by atoms with Crippen LogP contribution in [0.25, 0.3) is 0 Å². The van der Waals surface area contributed by atoms with Crippen molar-refractivity contribution < 1.29 is 13.9 Å². The molecule has 116 valence electrons. The van der Waals surface area contributed by atoms with Crippen LogP contribution in [0.1, 0.15) is 5.56 Å². The molecule has 0 aliphatic carbocycles. The van der Waals surface area contributed by atoms with Crippen molar-refractivity contribution >= 4 is 17.7 Å². The number of carbonyl (C=O) groups is 1. The third-order valence-corrected chi connectivity index (χ3v) is 3.80. The molecule has 1 amide bonds. The molecule has 0 aliphatic rings. The predicted molar refractivity (Wildman–Crippen MR) is 86.8 cm³/mol. The van der Waals surface area contributed by atoms with Gasteiger partial charge >= 0.3 is 0 Å². The molecule has 0 spiro atoms. The Balaban J connectivity index is 1.69. The first kappa shape index (κ1) is 16.4. The summed E-state index contributed by atoms with van der Waals surface area (Å²) in [6.07, 6.45) is 2.80. The summed E-state index contributed by atoms with van der Waals surface area (Å²) >= 11 is 1.70. The molecule has 0 saturated heterocycles. The van der Waals surface area contributed by atoms with Crippen molar-refractivity contribution in [2.75, 3.05) is 19.4 Å². The van der Waals surface area contributed by atoms with Crippen molar-refractivity contribution in [3.63, 3.8) is 0 Å². The van der Waals surface area contributed by atoms with Gasteiger partial charge in [0.15, 0.2) is 6.61 Å². The minimum absolute atomic E-state index is 0.116. The number of hydrogen-bond donors (Lipinski definition) is 1. The Labute approximate surface area is 133 Å². The molecule has 0 unspecified atom stereocenters. The summed E-state index contributed by atoms with van der Waals surface area (Å²) in [5.41, 5.74) is 1.17. The minimum atomic E-state index is -0.383. The first-order chi connectivity index (χ1) is 10.7. The Morgan fingerprint density at radius 3 is 2.68 bits per heavy atom. The first-order valence-corrected chi connectivity index (χ1v) is 8.18. The van der Waals surface area contributed by atoms with Gasteiger partial charge in [0.25, 0.3) is 5.91 Å². The van der Waals surface area contributed by atoms with Gasteiger partial charge in [-0.05, 0) is 42.5 Å². The van der Waals surface area contributed by atoms with Crippen molar-refractivity contribution in [3.8, 4) is 5.75 Å². The summed E-state index contributed by atoms with van der Waals surface area (Å²) in [6, 6.07) is 14.0. The van der Waals surface area contributed by atoms with Gasteiger partial charge in [-0.2, -0.15) is 0 Å². The van der Waals surface area contributed by atoms with Crippen LogP contribution in [0, 0.1) is 5.82 Å². The van der Waals surface area contributed by atoms with E-state index in [2.05, 4.69) is 29.6 Å². The molecule has 2 aromatic rings. The molecule has 0 heterocycles. The molecule has 3 nitrogen and oxygen atoms in total. The van der Waals surface area contributed by atoms with E-state index in [-0.39, 0.29) is 18.3 Å². The second kappa shape index (κ2) is 8.44. The smallest absolute Gasteiger partial charge is 0.257 e. The van der Waals surface area contributed by atoms with Gasteiger partial charge in [0.2, 0.25) is 0 Å². The Kier molecular flexibility index (Phi) is 6.27. The van der Waals surface area contributed by atoms with Crippen molar-refractivity contribution in [2.45, 2.75) is 11.3 Å². The molecule has 0 radical (unpaired) electrons. The molecule has 5 heteroatoms. The number of nitrogens with one attached hydrogen (secondary N) is 1. The van der Waals surface area contributed by atoms with E-state index in [1.165, 1.54) is 22.6 Å². The summed E-state index contributed by atoms with van der Waals surface area (Å²) in [6.45, 7) is 0.429. The zero-order chi connectivity index (χ0) is 15.8. The lowest BCUT2D eigenvalue weighted by atomic mass is 10.1. The lowest BCUT2D eigenvalue weighted by Gasteiger charge is -2.08. The van der Waals surface area contributed by atoms with E-state index in [9.17, 15) is 9.18 Å². The second-order valence-corrected chi connectivity index (χ2v) is 5.57. The van der Waals surface area contributed by atoms with Gasteiger partial charge in [0.05, 0.1) is 0 Å². The average Bonchev–Trinajstić information content (AvgIpc) is 2.54. The summed E-state index contributed by atoms with van der Waals surface area (Å²) in [5, 5.41) is 2.78. The fourth-order valence-corrected chi connectivity index (χ4v) is 2.30. The van der Waals surface area contributed by atoms with E-state index in [1.807, 2.05) is 6.26 Å². The van der Waals surface area contributed by atoms with Crippen molar-refractivity contribution in [1.29, 1.82) is 0 Å². The second-order valence-electron chi connectivity index (χ2n) is 4.69. The van der Waals surface area contributed by atoms with Crippen molar-refractivity contribution in [3.05, 3.63) is 59.9 Å². The standard InChI is InChI=1S/C17H18FNO2S/c1-22-16-7-5-13(6-8-16)9-10-19-17(20)12-21-15-4-2-3-14(18)11-15/h2-8,11H,9-10,12H2,1H3,(H,19,20). The summed E-state index contributed by atoms with van der Waals surface area (Å²) in [4.78, 5) is 12.9. The third kappa shape index (κ3) is 5.41. The quantitative estimate of drug-likeness (QED) is 0.796. The van der Waals surface area contributed by atoms with E-state index >= 15 is 0 Å². The normalized spacial score (nSPS) is 10.3. The van der Waals surface area contributed by atoms with Crippen molar-refractivity contribution in [1.82, 2.24) is 5.32 Å². The summed E-state index contributed by atoms with van der Waals surface area (Å²) in [5.74, 6) is -0.251. The molecule has 0 aliphatic heterocycles. The van der Waals surface area contributed by atoms with Crippen LogP contribution in [-0.2, 0) is 11.2 Å². The molecule has 1 N–H and O–H groups in total. The maximum atomic E-state index is 13.0. The van der Waals surface area contributed by atoms with Gasteiger partial charge in [0, 0.05) is 17.5 Å². The van der Waals surface area contributed by atoms with E-state index in [0.717, 1.165) is 6.42 Å². The molecule has 22 heavy (non-hydrogen) atoms. The molecule has 0 fully saturated rings. The van der Waals surface area contributed by atoms with E-state index < -0.39 is 0 Å². The Hall–Kier alpha value is -2.01. The van der Waals surface area contributed by atoms with Gasteiger partial charge in [-0.1, -0.05) is 18.2 Å². The molecule has 0 aromatic heterocycles. The van der Waals surface area contributed by atoms with Crippen LogP contribution in [0.2, 0.25) is 0 Å². The van der Waals surface area contributed by atoms with Gasteiger partial charge in [-0.3, -0.25) is 4.79 Å². The average molecular weight is 319 g/mol. The van der Waals surface area contributed by atoms with Gasteiger partial charge in [-0.25, -0.2) is 4.39 Å². The zero-order valence-electron chi connectivity index (χ0n) is 12.3. The first-order valence-electron chi connectivity index (χ1n) is 6.95. The highest BCUT2D eigenvalue weighted by atomic mass is 32.2. The van der Waals surface area contributed by atoms with Gasteiger partial charge in [-0.15, -0.1) is 11.8 Å². The number of benzene rings is 2. The van der Waals surface area contributed by atoms with Crippen LogP contribution in [0.4, 0.5) is 4.39 Å². The zero-order valence-corrected chi connectivity index (χ0v) is 13.2. The maximum Gasteiger partial charge on any atom is 0.257 e. The third-order valence-electron chi connectivity index (χ3n) is 3.06. The number of halogens is 1. The van der Waals surface area contributed by atoms with Crippen LogP contribution in [0.5, 0.6) is 5.75 Å². The lowest BCUT2D eigenvalue weighted by Crippen LogP contribution is -2.30. The molecule has 0 saturated carbocycles. The van der Waals surface area contributed by atoms with E-state index in [0.29, 0.717) is 12.3 Å². The molecule has 0 bridgehead atoms. The molecule has 0 atom stereocenters. The lowest BCUT2D eigenvalue weighted by molar-refractivity contribution is -0.123. The number of rotatable bonds is 7. The predicted octanol–water partition coefficient (Wildman–Crippen LogP) is 3.29. The fourth-order valence-electron chi connectivity index (χ4n) is 1.90. The van der Waals surface area contributed by atoms with E-state index in [4.69, 9.17) is 4.74 Å². The fraction of sp³-hybridized carbons (Fsp3) is 0.235. The van der Waals surface area contributed by atoms with Gasteiger partial charge < -0.3 is 10.1 Å². The highest BCUT2D eigenvalue weighted by Gasteiger charge is 2.03. The van der Waals surface area contributed by atoms with Gasteiger partial charge in [0.1, 0.15) is 11.6 Å². The van der Waals surface area contributed by atoms with Crippen LogP contribution >= 0.6 is 11.8 Å². The Morgan fingerprint density at radius 2 is 2.00 bits per heavy atom. The Bertz CT molecular complexity index is 616. The Morgan fingerprint density at radius 1 is 1.23 bits per heavy atom. The molecular weight excluding hydrogens is 301 g/mol. The summed E-state index contributed by atoms with van der Waals surface area (Å²) < 4.78 is 18.2. The molecular formula is C17H18FNO2S. The van der Waals surface area contributed by atoms with Crippen LogP contribution < -0.4 is 10.1 Å². The summed E-state index contributed by atoms with van der Waals surface area (Å²) in [7, 11) is 0. The van der Waals surface area contributed by atoms with Crippen LogP contribution in [-0.4, -0.2) is 25.3 Å². The maximum absolute atomic E-state index is 13.0. The number of thioether (sulfide) groups is 1. The van der Waals surface area contributed by atoms with E-state index in [1.54, 1.807) is 23.9 Å². The topological polar surface area (TPSA) is 38.3 Å². The molecule has 2 aromatic carbocycles. The number of ether oxygens (including phenoxy) is 1. The minimum Gasteiger partial charge on any atom is -0.484 e.